The van der Waals surface area contributed by atoms with Crippen LogP contribution in [0, 0.1) is 6.92 Å². The number of amides is 2. The highest BCUT2D eigenvalue weighted by atomic mass is 32.1. The number of carbonyl (C=O) groups excluding carboxylic acids is 2. The molecular formula is C21H28N4O3S. The standard InChI is InChI=1S/C21H28N4O3S/c1-5-25(16(3)26)21-22-18(14-29-21)13-23-8-10-24(11-9-23)20(27)17-7-6-15(2)19(12-17)28-4/h6-7,12,14H,5,8-11,13H2,1-4H3. The van der Waals surface area contributed by atoms with Crippen LogP contribution >= 0.6 is 11.3 Å². The van der Waals surface area contributed by atoms with Crippen LogP contribution < -0.4 is 9.64 Å². The summed E-state index contributed by atoms with van der Waals surface area (Å²) in [5.74, 6) is 0.785. The summed E-state index contributed by atoms with van der Waals surface area (Å²) in [6, 6.07) is 5.59. The topological polar surface area (TPSA) is 66.0 Å². The van der Waals surface area contributed by atoms with Crippen molar-refractivity contribution in [3.8, 4) is 5.75 Å². The number of benzene rings is 1. The fraction of sp³-hybridized carbons (Fsp3) is 0.476. The lowest BCUT2D eigenvalue weighted by Crippen LogP contribution is -2.48. The molecule has 0 unspecified atom stereocenters. The number of thiazole rings is 1. The summed E-state index contributed by atoms with van der Waals surface area (Å²) in [4.78, 5) is 35.0. The maximum atomic E-state index is 12.8. The number of piperazine rings is 1. The Bertz CT molecular complexity index is 875. The van der Waals surface area contributed by atoms with Gasteiger partial charge < -0.3 is 9.64 Å². The number of carbonyl (C=O) groups is 2. The zero-order chi connectivity index (χ0) is 21.0. The molecule has 0 bridgehead atoms. The number of ether oxygens (including phenoxy) is 1. The van der Waals surface area contributed by atoms with E-state index >= 15 is 0 Å². The van der Waals surface area contributed by atoms with Gasteiger partial charge in [0.15, 0.2) is 5.13 Å². The Morgan fingerprint density at radius 1 is 1.24 bits per heavy atom. The van der Waals surface area contributed by atoms with Crippen molar-refractivity contribution in [3.63, 3.8) is 0 Å². The van der Waals surface area contributed by atoms with E-state index in [1.807, 2.05) is 42.3 Å². The van der Waals surface area contributed by atoms with Gasteiger partial charge in [-0.3, -0.25) is 19.4 Å². The molecule has 8 heteroatoms. The number of hydrogen-bond donors (Lipinski definition) is 0. The third kappa shape index (κ3) is 4.94. The van der Waals surface area contributed by atoms with Crippen molar-refractivity contribution in [3.05, 3.63) is 40.4 Å². The predicted molar refractivity (Wildman–Crippen MR) is 115 cm³/mol. The number of methoxy groups -OCH3 is 1. The molecular weight excluding hydrogens is 388 g/mol. The number of nitrogens with zero attached hydrogens (tertiary/aromatic N) is 4. The van der Waals surface area contributed by atoms with E-state index in [9.17, 15) is 9.59 Å². The summed E-state index contributed by atoms with van der Waals surface area (Å²) in [6.07, 6.45) is 0. The second kappa shape index (κ2) is 9.37. The molecule has 0 saturated carbocycles. The first-order valence-electron chi connectivity index (χ1n) is 9.81. The largest absolute Gasteiger partial charge is 0.496 e. The quantitative estimate of drug-likeness (QED) is 0.725. The second-order valence-electron chi connectivity index (χ2n) is 7.14. The number of aryl methyl sites for hydroxylation is 1. The maximum absolute atomic E-state index is 12.8. The molecule has 3 rings (SSSR count). The third-order valence-corrected chi connectivity index (χ3v) is 6.08. The minimum atomic E-state index is 0.00765. The Hall–Kier alpha value is -2.45. The minimum Gasteiger partial charge on any atom is -0.496 e. The van der Waals surface area contributed by atoms with Crippen LogP contribution in [0.25, 0.3) is 0 Å². The first-order valence-corrected chi connectivity index (χ1v) is 10.7. The third-order valence-electron chi connectivity index (χ3n) is 5.17. The summed E-state index contributed by atoms with van der Waals surface area (Å²) in [7, 11) is 1.62. The zero-order valence-electron chi connectivity index (χ0n) is 17.5. The molecule has 0 atom stereocenters. The van der Waals surface area contributed by atoms with Crippen molar-refractivity contribution in [1.82, 2.24) is 14.8 Å². The van der Waals surface area contributed by atoms with Crippen LogP contribution in [0.15, 0.2) is 23.6 Å². The molecule has 1 aromatic heterocycles. The van der Waals surface area contributed by atoms with E-state index in [-0.39, 0.29) is 11.8 Å². The van der Waals surface area contributed by atoms with Gasteiger partial charge in [-0.25, -0.2) is 4.98 Å². The second-order valence-corrected chi connectivity index (χ2v) is 7.97. The molecule has 7 nitrogen and oxygen atoms in total. The lowest BCUT2D eigenvalue weighted by molar-refractivity contribution is -0.116. The molecule has 29 heavy (non-hydrogen) atoms. The van der Waals surface area contributed by atoms with Gasteiger partial charge in [0.05, 0.1) is 12.8 Å². The van der Waals surface area contributed by atoms with Crippen molar-refractivity contribution in [1.29, 1.82) is 0 Å². The summed E-state index contributed by atoms with van der Waals surface area (Å²) in [5.41, 5.74) is 2.64. The summed E-state index contributed by atoms with van der Waals surface area (Å²) in [6.45, 7) is 9.77. The van der Waals surface area contributed by atoms with Crippen LogP contribution in [0.1, 0.15) is 35.5 Å². The van der Waals surface area contributed by atoms with Crippen LogP contribution in [0.4, 0.5) is 5.13 Å². The van der Waals surface area contributed by atoms with E-state index in [2.05, 4.69) is 9.88 Å². The Balaban J connectivity index is 1.56. The van der Waals surface area contributed by atoms with Crippen molar-refractivity contribution in [2.24, 2.45) is 0 Å². The highest BCUT2D eigenvalue weighted by Crippen LogP contribution is 2.23. The molecule has 0 aliphatic carbocycles. The normalized spacial score (nSPS) is 14.7. The Kier molecular flexibility index (Phi) is 6.87. The Morgan fingerprint density at radius 2 is 1.97 bits per heavy atom. The van der Waals surface area contributed by atoms with Crippen LogP contribution in [0.3, 0.4) is 0 Å². The predicted octanol–water partition coefficient (Wildman–Crippen LogP) is 2.79. The van der Waals surface area contributed by atoms with Gasteiger partial charge in [0.2, 0.25) is 5.91 Å². The number of anilines is 1. The van der Waals surface area contributed by atoms with E-state index in [0.29, 0.717) is 25.2 Å². The van der Waals surface area contributed by atoms with E-state index in [0.717, 1.165) is 41.8 Å². The molecule has 156 valence electrons. The van der Waals surface area contributed by atoms with Gasteiger partial charge in [-0.15, -0.1) is 11.3 Å². The first-order chi connectivity index (χ1) is 13.9. The van der Waals surface area contributed by atoms with Gasteiger partial charge in [-0.2, -0.15) is 0 Å². The van der Waals surface area contributed by atoms with Gasteiger partial charge >= 0.3 is 0 Å². The van der Waals surface area contributed by atoms with Crippen LogP contribution in [-0.2, 0) is 11.3 Å². The van der Waals surface area contributed by atoms with E-state index < -0.39 is 0 Å². The van der Waals surface area contributed by atoms with E-state index in [4.69, 9.17) is 4.74 Å². The van der Waals surface area contributed by atoms with Crippen molar-refractivity contribution in [2.75, 3.05) is 44.7 Å². The van der Waals surface area contributed by atoms with Gasteiger partial charge in [-0.05, 0) is 31.5 Å². The minimum absolute atomic E-state index is 0.00765. The highest BCUT2D eigenvalue weighted by molar-refractivity contribution is 7.14. The Morgan fingerprint density at radius 3 is 2.59 bits per heavy atom. The smallest absolute Gasteiger partial charge is 0.254 e. The zero-order valence-corrected chi connectivity index (χ0v) is 18.3. The average molecular weight is 417 g/mol. The molecule has 0 spiro atoms. The van der Waals surface area contributed by atoms with Crippen LogP contribution in [-0.4, -0.2) is 66.4 Å². The fourth-order valence-electron chi connectivity index (χ4n) is 3.46. The lowest BCUT2D eigenvalue weighted by atomic mass is 10.1. The molecule has 2 heterocycles. The molecule has 2 amide bonds. The molecule has 1 aromatic carbocycles. The van der Waals surface area contributed by atoms with Crippen LogP contribution in [0.5, 0.6) is 5.75 Å². The molecule has 2 aromatic rings. The monoisotopic (exact) mass is 416 g/mol. The van der Waals surface area contributed by atoms with Gasteiger partial charge in [-0.1, -0.05) is 6.07 Å². The van der Waals surface area contributed by atoms with Gasteiger partial charge in [0, 0.05) is 57.1 Å². The molecule has 1 aliphatic heterocycles. The molecule has 1 aliphatic rings. The first kappa shape index (κ1) is 21.3. The molecule has 1 saturated heterocycles. The van der Waals surface area contributed by atoms with E-state index in [1.54, 1.807) is 18.9 Å². The molecule has 0 radical (unpaired) electrons. The van der Waals surface area contributed by atoms with Gasteiger partial charge in [0.25, 0.3) is 5.91 Å². The van der Waals surface area contributed by atoms with E-state index in [1.165, 1.54) is 11.3 Å². The number of hydrogen-bond acceptors (Lipinski definition) is 6. The summed E-state index contributed by atoms with van der Waals surface area (Å²) < 4.78 is 5.34. The lowest BCUT2D eigenvalue weighted by Gasteiger charge is -2.34. The summed E-state index contributed by atoms with van der Waals surface area (Å²) >= 11 is 1.50. The number of aromatic nitrogens is 1. The number of rotatable bonds is 6. The molecule has 0 N–H and O–H groups in total. The van der Waals surface area contributed by atoms with Crippen molar-refractivity contribution >= 4 is 28.3 Å². The maximum Gasteiger partial charge on any atom is 0.254 e. The van der Waals surface area contributed by atoms with Crippen molar-refractivity contribution in [2.45, 2.75) is 27.3 Å². The van der Waals surface area contributed by atoms with Crippen LogP contribution in [0.2, 0.25) is 0 Å². The van der Waals surface area contributed by atoms with Crippen molar-refractivity contribution < 1.29 is 14.3 Å². The fourth-order valence-corrected chi connectivity index (χ4v) is 4.38. The Labute approximate surface area is 175 Å². The highest BCUT2D eigenvalue weighted by Gasteiger charge is 2.23. The summed E-state index contributed by atoms with van der Waals surface area (Å²) in [5, 5.41) is 2.76. The average Bonchev–Trinajstić information content (AvgIpc) is 3.16. The van der Waals surface area contributed by atoms with Gasteiger partial charge in [0.1, 0.15) is 5.75 Å². The molecule has 1 fully saturated rings. The SMILES string of the molecule is CCN(C(C)=O)c1nc(CN2CCN(C(=O)c3ccc(C)c(OC)c3)CC2)cs1.